The minimum atomic E-state index is -4.33. The number of fused-ring (bicyclic) bond motifs is 2. The van der Waals surface area contributed by atoms with Crippen LogP contribution in [0.15, 0.2) is 11.1 Å². The molecule has 0 bridgehead atoms. The molecular weight excluding hydrogens is 448 g/mol. The molecule has 2 aliphatic heterocycles. The second-order valence-electron chi connectivity index (χ2n) is 7.92. The van der Waals surface area contributed by atoms with Crippen molar-refractivity contribution >= 4 is 33.3 Å². The Kier molecular flexibility index (Phi) is 5.70. The van der Waals surface area contributed by atoms with Crippen LogP contribution >= 0.6 is 0 Å². The molecule has 4 N–H and O–H groups in total. The number of H-pyrrole nitrogens is 1. The lowest BCUT2D eigenvalue weighted by atomic mass is 10.1. The van der Waals surface area contributed by atoms with Crippen molar-refractivity contribution in [1.82, 2.24) is 24.2 Å². The van der Waals surface area contributed by atoms with E-state index in [9.17, 15) is 18.0 Å². The number of imidazole rings is 1. The molecule has 1 amide bonds. The number of nitrogens with two attached hydrogens (primary N) is 1. The van der Waals surface area contributed by atoms with Crippen molar-refractivity contribution in [2.75, 3.05) is 12.3 Å². The molecule has 4 unspecified atom stereocenters. The van der Waals surface area contributed by atoms with Crippen molar-refractivity contribution in [2.24, 2.45) is 0 Å². The van der Waals surface area contributed by atoms with Crippen LogP contribution in [0.3, 0.4) is 0 Å². The molecule has 32 heavy (non-hydrogen) atoms. The molecule has 0 saturated carbocycles. The van der Waals surface area contributed by atoms with Crippen molar-refractivity contribution in [3.05, 3.63) is 16.7 Å². The normalized spacial score (nSPS) is 27.0. The molecular formula is C17H24N6O8S. The Balaban J connectivity index is 1.58. The van der Waals surface area contributed by atoms with Crippen molar-refractivity contribution in [3.63, 3.8) is 0 Å². The zero-order valence-electron chi connectivity index (χ0n) is 17.6. The minimum absolute atomic E-state index is 0.0450. The molecule has 2 aromatic rings. The molecule has 2 fully saturated rings. The van der Waals surface area contributed by atoms with Gasteiger partial charge in [0, 0.05) is 6.42 Å². The largest absolute Gasteiger partial charge is 0.369 e. The summed E-state index contributed by atoms with van der Waals surface area (Å²) in [7, 11) is -4.33. The van der Waals surface area contributed by atoms with E-state index >= 15 is 0 Å². The zero-order chi connectivity index (χ0) is 23.3. The fourth-order valence-electron chi connectivity index (χ4n) is 3.75. The first-order chi connectivity index (χ1) is 15.0. The third kappa shape index (κ3) is 4.33. The fraction of sp³-hybridized carbons (Fsp3) is 0.647. The van der Waals surface area contributed by atoms with Gasteiger partial charge in [-0.05, 0) is 20.3 Å². The van der Waals surface area contributed by atoms with Crippen LogP contribution in [0, 0.1) is 0 Å². The van der Waals surface area contributed by atoms with Gasteiger partial charge in [-0.1, -0.05) is 6.92 Å². The summed E-state index contributed by atoms with van der Waals surface area (Å²) in [5.74, 6) is -1.75. The van der Waals surface area contributed by atoms with Crippen molar-refractivity contribution in [2.45, 2.75) is 63.9 Å². The third-order valence-electron chi connectivity index (χ3n) is 4.95. The number of aromatic nitrogens is 4. The van der Waals surface area contributed by atoms with Gasteiger partial charge in [-0.15, -0.1) is 0 Å². The van der Waals surface area contributed by atoms with E-state index in [1.54, 1.807) is 20.8 Å². The summed E-state index contributed by atoms with van der Waals surface area (Å²) in [6, 6.07) is 0. The Morgan fingerprint density at radius 3 is 2.81 bits per heavy atom. The number of anilines is 1. The fourth-order valence-corrected chi connectivity index (χ4v) is 4.50. The maximum atomic E-state index is 12.1. The van der Waals surface area contributed by atoms with E-state index in [-0.39, 0.29) is 23.5 Å². The molecule has 0 aliphatic carbocycles. The lowest BCUT2D eigenvalue weighted by Crippen LogP contribution is -2.37. The predicted molar refractivity (Wildman–Crippen MR) is 108 cm³/mol. The summed E-state index contributed by atoms with van der Waals surface area (Å²) in [5.41, 5.74) is 5.37. The van der Waals surface area contributed by atoms with Gasteiger partial charge in [-0.2, -0.15) is 13.4 Å². The van der Waals surface area contributed by atoms with E-state index in [4.69, 9.17) is 24.1 Å². The molecule has 2 aliphatic rings. The van der Waals surface area contributed by atoms with Crippen LogP contribution in [0.25, 0.3) is 11.2 Å². The average Bonchev–Trinajstić information content (AvgIpc) is 3.30. The van der Waals surface area contributed by atoms with Crippen LogP contribution in [-0.4, -0.2) is 64.5 Å². The lowest BCUT2D eigenvalue weighted by Gasteiger charge is -2.24. The average molecular weight is 472 g/mol. The predicted octanol–water partition coefficient (Wildman–Crippen LogP) is -0.703. The second-order valence-corrected chi connectivity index (χ2v) is 9.27. The molecule has 4 rings (SSSR count). The second kappa shape index (κ2) is 8.08. The summed E-state index contributed by atoms with van der Waals surface area (Å²) in [4.78, 5) is 34.3. The highest BCUT2D eigenvalue weighted by Crippen LogP contribution is 2.43. The van der Waals surface area contributed by atoms with Crippen LogP contribution in [0.2, 0.25) is 0 Å². The molecule has 0 spiro atoms. The van der Waals surface area contributed by atoms with E-state index in [1.807, 2.05) is 4.72 Å². The van der Waals surface area contributed by atoms with Gasteiger partial charge in [0.1, 0.15) is 18.3 Å². The first-order valence-corrected chi connectivity index (χ1v) is 11.3. The van der Waals surface area contributed by atoms with Crippen LogP contribution in [0.5, 0.6) is 0 Å². The Morgan fingerprint density at radius 1 is 1.38 bits per heavy atom. The highest BCUT2D eigenvalue weighted by molar-refractivity contribution is 7.85. The number of amides is 1. The number of nitrogens with one attached hydrogen (secondary N) is 2. The van der Waals surface area contributed by atoms with Gasteiger partial charge in [-0.25, -0.2) is 9.71 Å². The van der Waals surface area contributed by atoms with E-state index < -0.39 is 58.7 Å². The van der Waals surface area contributed by atoms with Gasteiger partial charge in [0.25, 0.3) is 5.56 Å². The summed E-state index contributed by atoms with van der Waals surface area (Å²) in [6.45, 7) is 4.72. The number of carbonyl (C=O) groups is 1. The molecule has 4 heterocycles. The van der Waals surface area contributed by atoms with Gasteiger partial charge < -0.3 is 19.9 Å². The Labute approximate surface area is 182 Å². The molecule has 2 aromatic heterocycles. The third-order valence-corrected chi connectivity index (χ3v) is 5.88. The van der Waals surface area contributed by atoms with Crippen LogP contribution in [0.4, 0.5) is 5.95 Å². The highest BCUT2D eigenvalue weighted by Gasteiger charge is 2.56. The summed E-state index contributed by atoms with van der Waals surface area (Å²) < 4.78 is 50.3. The maximum absolute atomic E-state index is 12.1. The Bertz CT molecular complexity index is 1190. The molecule has 15 heteroatoms. The van der Waals surface area contributed by atoms with E-state index in [0.717, 1.165) is 0 Å². The smallest absolute Gasteiger partial charge is 0.362 e. The Morgan fingerprint density at radius 2 is 2.09 bits per heavy atom. The van der Waals surface area contributed by atoms with Crippen molar-refractivity contribution in [3.8, 4) is 0 Å². The lowest BCUT2D eigenvalue weighted by molar-refractivity contribution is -0.198. The number of carbonyl (C=O) groups excluding carboxylic acids is 1. The van der Waals surface area contributed by atoms with Crippen LogP contribution in [0.1, 0.15) is 39.8 Å². The molecule has 4 atom stereocenters. The number of nitrogens with zero attached hydrogens (tertiary/aromatic N) is 3. The van der Waals surface area contributed by atoms with E-state index in [1.165, 1.54) is 10.9 Å². The Hall–Kier alpha value is -2.59. The number of hydrogen-bond donors (Lipinski definition) is 3. The summed E-state index contributed by atoms with van der Waals surface area (Å²) in [6.07, 6.45) is -1.23. The van der Waals surface area contributed by atoms with E-state index in [0.29, 0.717) is 6.42 Å². The molecule has 2 saturated heterocycles. The number of ether oxygens (including phenoxy) is 3. The topological polar surface area (TPSA) is 190 Å². The van der Waals surface area contributed by atoms with Gasteiger partial charge >= 0.3 is 10.3 Å². The number of rotatable bonds is 7. The summed E-state index contributed by atoms with van der Waals surface area (Å²) in [5, 5.41) is 0. The first-order valence-electron chi connectivity index (χ1n) is 9.93. The first kappa shape index (κ1) is 22.6. The number of aromatic amines is 1. The van der Waals surface area contributed by atoms with Gasteiger partial charge in [0.05, 0.1) is 12.9 Å². The highest BCUT2D eigenvalue weighted by atomic mass is 32.2. The number of hydrogen-bond acceptors (Lipinski definition) is 11. The van der Waals surface area contributed by atoms with Crippen molar-refractivity contribution < 1.29 is 31.6 Å². The molecule has 14 nitrogen and oxygen atoms in total. The molecule has 0 radical (unpaired) electrons. The molecule has 0 aromatic carbocycles. The quantitative estimate of drug-likeness (QED) is 0.462. The molecule has 176 valence electrons. The SMILES string of the molecule is CCCC(=O)NS(=O)(=O)OCC1OC(n2cnc3c(=O)[nH]c(N)nc32)C2OC(C)(C)OC12. The van der Waals surface area contributed by atoms with Gasteiger partial charge in [0.2, 0.25) is 11.9 Å². The zero-order valence-corrected chi connectivity index (χ0v) is 18.4. The van der Waals surface area contributed by atoms with Crippen molar-refractivity contribution in [1.29, 1.82) is 0 Å². The maximum Gasteiger partial charge on any atom is 0.362 e. The summed E-state index contributed by atoms with van der Waals surface area (Å²) >= 11 is 0. The van der Waals surface area contributed by atoms with Gasteiger partial charge in [-0.3, -0.25) is 23.3 Å². The van der Waals surface area contributed by atoms with E-state index in [2.05, 4.69) is 15.0 Å². The standard InChI is InChI=1S/C17H24N6O8S/c1-4-5-9(24)22-32(26,27)28-6-8-11-12(31-17(2,3)30-11)15(29-8)23-7-19-10-13(23)20-16(18)21-14(10)25/h7-8,11-12,15H,4-6H2,1-3H3,(H,22,24)(H3,18,20,21,25). The number of nitrogen functional groups attached to an aromatic ring is 1. The minimum Gasteiger partial charge on any atom is -0.369 e. The van der Waals surface area contributed by atoms with Crippen LogP contribution in [-0.2, 0) is 33.5 Å². The van der Waals surface area contributed by atoms with Crippen LogP contribution < -0.4 is 16.0 Å². The monoisotopic (exact) mass is 472 g/mol. The van der Waals surface area contributed by atoms with Gasteiger partial charge in [0.15, 0.2) is 23.2 Å².